The molecule has 1 N–H and O–H groups in total. The fraction of sp³-hybridized carbons (Fsp3) is 0.500. The highest BCUT2D eigenvalue weighted by molar-refractivity contribution is 8.01. The van der Waals surface area contributed by atoms with E-state index in [9.17, 15) is 13.2 Å². The summed E-state index contributed by atoms with van der Waals surface area (Å²) < 4.78 is 28.3. The molecule has 0 saturated heterocycles. The maximum Gasteiger partial charge on any atom is 0.257 e. The SMILES string of the molecule is CCSc1nnc(NC(=O)c2cccc(S(=O)(=O)N(C)C3CCCCC3)c2)s1. The number of amides is 1. The molecule has 1 aliphatic carbocycles. The van der Waals surface area contributed by atoms with Gasteiger partial charge in [-0.3, -0.25) is 10.1 Å². The maximum atomic E-state index is 13.0. The number of hydrogen-bond acceptors (Lipinski definition) is 7. The molecular weight excluding hydrogens is 416 g/mol. The summed E-state index contributed by atoms with van der Waals surface area (Å²) in [5.74, 6) is 0.471. The van der Waals surface area contributed by atoms with Gasteiger partial charge >= 0.3 is 0 Å². The third kappa shape index (κ3) is 4.91. The first-order valence-corrected chi connectivity index (χ1v) is 12.5. The molecule has 0 bridgehead atoms. The molecule has 2 aromatic rings. The summed E-state index contributed by atoms with van der Waals surface area (Å²) in [6.07, 6.45) is 5.01. The minimum absolute atomic E-state index is 0.0205. The van der Waals surface area contributed by atoms with Gasteiger partial charge in [-0.05, 0) is 36.8 Å². The van der Waals surface area contributed by atoms with Crippen molar-refractivity contribution in [2.45, 2.75) is 54.3 Å². The number of thioether (sulfide) groups is 1. The van der Waals surface area contributed by atoms with Crippen LogP contribution < -0.4 is 5.32 Å². The van der Waals surface area contributed by atoms with Gasteiger partial charge in [0, 0.05) is 18.7 Å². The molecule has 1 fully saturated rings. The number of nitrogens with one attached hydrogen (secondary N) is 1. The average Bonchev–Trinajstić information content (AvgIpc) is 3.15. The van der Waals surface area contributed by atoms with Gasteiger partial charge in [0.1, 0.15) is 0 Å². The van der Waals surface area contributed by atoms with Crippen LogP contribution in [0.5, 0.6) is 0 Å². The molecule has 0 unspecified atom stereocenters. The zero-order valence-corrected chi connectivity index (χ0v) is 18.4. The first-order chi connectivity index (χ1) is 13.4. The zero-order valence-electron chi connectivity index (χ0n) is 15.9. The van der Waals surface area contributed by atoms with E-state index in [-0.39, 0.29) is 16.5 Å². The summed E-state index contributed by atoms with van der Waals surface area (Å²) in [7, 11) is -2.01. The number of carbonyl (C=O) groups excluding carboxylic acids is 1. The molecule has 28 heavy (non-hydrogen) atoms. The number of carbonyl (C=O) groups is 1. The van der Waals surface area contributed by atoms with E-state index in [0.29, 0.717) is 5.13 Å². The maximum absolute atomic E-state index is 13.0. The summed E-state index contributed by atoms with van der Waals surface area (Å²) >= 11 is 2.85. The Morgan fingerprint density at radius 2 is 2.04 bits per heavy atom. The standard InChI is InChI=1S/C18H24N4O3S3/c1-3-26-18-21-20-17(27-18)19-16(23)13-8-7-11-15(12-13)28(24,25)22(2)14-9-5-4-6-10-14/h7-8,11-12,14H,3-6,9-10H2,1-2H3,(H,19,20,23). The van der Waals surface area contributed by atoms with Gasteiger partial charge in [-0.15, -0.1) is 10.2 Å². The molecule has 1 aromatic carbocycles. The van der Waals surface area contributed by atoms with Crippen molar-refractivity contribution in [1.29, 1.82) is 0 Å². The lowest BCUT2D eigenvalue weighted by Crippen LogP contribution is -2.38. The third-order valence-corrected chi connectivity index (χ3v) is 8.52. The largest absolute Gasteiger partial charge is 0.296 e. The van der Waals surface area contributed by atoms with Crippen molar-refractivity contribution in [2.75, 3.05) is 18.1 Å². The number of nitrogens with zero attached hydrogens (tertiary/aromatic N) is 3. The van der Waals surface area contributed by atoms with Crippen LogP contribution >= 0.6 is 23.1 Å². The lowest BCUT2D eigenvalue weighted by atomic mass is 9.96. The Kier molecular flexibility index (Phi) is 7.08. The van der Waals surface area contributed by atoms with Crippen molar-refractivity contribution < 1.29 is 13.2 Å². The molecule has 1 saturated carbocycles. The van der Waals surface area contributed by atoms with E-state index in [1.165, 1.54) is 27.8 Å². The number of hydrogen-bond donors (Lipinski definition) is 1. The Hall–Kier alpha value is -1.49. The third-order valence-electron chi connectivity index (χ3n) is 4.76. The minimum atomic E-state index is -3.65. The highest BCUT2D eigenvalue weighted by atomic mass is 32.2. The number of anilines is 1. The average molecular weight is 441 g/mol. The lowest BCUT2D eigenvalue weighted by molar-refractivity contribution is 0.102. The number of benzene rings is 1. The van der Waals surface area contributed by atoms with Gasteiger partial charge in [0.2, 0.25) is 15.2 Å². The molecule has 1 aromatic heterocycles. The van der Waals surface area contributed by atoms with Crippen LogP contribution in [-0.4, -0.2) is 47.7 Å². The molecule has 1 heterocycles. The Balaban J connectivity index is 1.75. The van der Waals surface area contributed by atoms with Crippen LogP contribution in [0.25, 0.3) is 0 Å². The van der Waals surface area contributed by atoms with Gasteiger partial charge in [0.15, 0.2) is 4.34 Å². The van der Waals surface area contributed by atoms with E-state index in [4.69, 9.17) is 0 Å². The molecule has 0 aliphatic heterocycles. The molecular formula is C18H24N4O3S3. The van der Waals surface area contributed by atoms with Gasteiger partial charge in [-0.1, -0.05) is 55.4 Å². The van der Waals surface area contributed by atoms with Crippen molar-refractivity contribution >= 4 is 44.2 Å². The van der Waals surface area contributed by atoms with Crippen LogP contribution in [0.15, 0.2) is 33.5 Å². The van der Waals surface area contributed by atoms with Gasteiger partial charge in [0.25, 0.3) is 5.91 Å². The van der Waals surface area contributed by atoms with E-state index in [2.05, 4.69) is 15.5 Å². The molecule has 0 spiro atoms. The van der Waals surface area contributed by atoms with E-state index in [1.54, 1.807) is 30.9 Å². The Bertz CT molecular complexity index is 924. The van der Waals surface area contributed by atoms with Crippen LogP contribution in [-0.2, 0) is 10.0 Å². The second-order valence-electron chi connectivity index (χ2n) is 6.60. The normalized spacial score (nSPS) is 15.7. The van der Waals surface area contributed by atoms with Crippen LogP contribution in [0.2, 0.25) is 0 Å². The van der Waals surface area contributed by atoms with E-state index in [1.807, 2.05) is 6.92 Å². The smallest absolute Gasteiger partial charge is 0.257 e. The second-order valence-corrected chi connectivity index (χ2v) is 11.1. The molecule has 1 amide bonds. The molecule has 3 rings (SSSR count). The summed E-state index contributed by atoms with van der Waals surface area (Å²) in [5.41, 5.74) is 0.276. The molecule has 0 atom stereocenters. The summed E-state index contributed by atoms with van der Waals surface area (Å²) in [6.45, 7) is 2.01. The van der Waals surface area contributed by atoms with Crippen molar-refractivity contribution in [3.8, 4) is 0 Å². The first-order valence-electron chi connectivity index (χ1n) is 9.27. The predicted octanol–water partition coefficient (Wildman–Crippen LogP) is 3.86. The molecule has 10 heteroatoms. The van der Waals surface area contributed by atoms with Gasteiger partial charge in [0.05, 0.1) is 4.90 Å². The van der Waals surface area contributed by atoms with Crippen LogP contribution in [0.1, 0.15) is 49.4 Å². The van der Waals surface area contributed by atoms with Crippen molar-refractivity contribution in [3.63, 3.8) is 0 Å². The molecule has 152 valence electrons. The first kappa shape index (κ1) is 21.2. The Morgan fingerprint density at radius 1 is 1.29 bits per heavy atom. The zero-order chi connectivity index (χ0) is 20.1. The summed E-state index contributed by atoms with van der Waals surface area (Å²) in [4.78, 5) is 12.7. The van der Waals surface area contributed by atoms with Crippen LogP contribution in [0.4, 0.5) is 5.13 Å². The second kappa shape index (κ2) is 9.34. The number of rotatable bonds is 7. The van der Waals surface area contributed by atoms with Gasteiger partial charge in [-0.25, -0.2) is 8.42 Å². The highest BCUT2D eigenvalue weighted by Crippen LogP contribution is 2.28. The fourth-order valence-electron chi connectivity index (χ4n) is 3.22. The molecule has 1 aliphatic rings. The van der Waals surface area contributed by atoms with Crippen molar-refractivity contribution in [1.82, 2.24) is 14.5 Å². The summed E-state index contributed by atoms with van der Waals surface area (Å²) in [6, 6.07) is 6.17. The van der Waals surface area contributed by atoms with Gasteiger partial charge < -0.3 is 0 Å². The van der Waals surface area contributed by atoms with Gasteiger partial charge in [-0.2, -0.15) is 4.31 Å². The summed E-state index contributed by atoms with van der Waals surface area (Å²) in [5, 5.41) is 11.0. The van der Waals surface area contributed by atoms with Crippen molar-refractivity contribution in [3.05, 3.63) is 29.8 Å². The number of aromatic nitrogens is 2. The van der Waals surface area contributed by atoms with E-state index in [0.717, 1.165) is 42.2 Å². The van der Waals surface area contributed by atoms with E-state index >= 15 is 0 Å². The van der Waals surface area contributed by atoms with Crippen LogP contribution in [0, 0.1) is 0 Å². The Morgan fingerprint density at radius 3 is 2.75 bits per heavy atom. The highest BCUT2D eigenvalue weighted by Gasteiger charge is 2.29. The Labute approximate surface area is 174 Å². The molecule has 7 nitrogen and oxygen atoms in total. The topological polar surface area (TPSA) is 92.3 Å². The number of sulfonamides is 1. The monoisotopic (exact) mass is 440 g/mol. The molecule has 0 radical (unpaired) electrons. The predicted molar refractivity (Wildman–Crippen MR) is 113 cm³/mol. The van der Waals surface area contributed by atoms with Crippen LogP contribution in [0.3, 0.4) is 0 Å². The van der Waals surface area contributed by atoms with Crippen molar-refractivity contribution in [2.24, 2.45) is 0 Å². The lowest BCUT2D eigenvalue weighted by Gasteiger charge is -2.30. The minimum Gasteiger partial charge on any atom is -0.296 e. The van der Waals surface area contributed by atoms with E-state index < -0.39 is 15.9 Å². The quantitative estimate of drug-likeness (QED) is 0.519. The fourth-order valence-corrected chi connectivity index (χ4v) is 6.32.